The lowest BCUT2D eigenvalue weighted by Gasteiger charge is -2.26. The smallest absolute Gasteiger partial charge is 0.241 e. The summed E-state index contributed by atoms with van der Waals surface area (Å²) in [5.74, 6) is 0.110. The molecule has 1 aliphatic rings. The molecule has 1 aliphatic heterocycles. The van der Waals surface area contributed by atoms with E-state index < -0.39 is 10.0 Å². The monoisotopic (exact) mass is 402 g/mol. The molecule has 3 rings (SSSR count). The van der Waals surface area contributed by atoms with Gasteiger partial charge in [0.05, 0.1) is 18.1 Å². The summed E-state index contributed by atoms with van der Waals surface area (Å²) < 4.78 is 33.2. The molecule has 1 fully saturated rings. The molecule has 2 aromatic rings. The maximum Gasteiger partial charge on any atom is 0.241 e. The molecule has 0 spiro atoms. The summed E-state index contributed by atoms with van der Waals surface area (Å²) in [6.45, 7) is 4.28. The Morgan fingerprint density at radius 2 is 1.71 bits per heavy atom. The fraction of sp³-hybridized carbons (Fsp3) is 0.381. The average Bonchev–Trinajstić information content (AvgIpc) is 2.73. The Labute approximate surface area is 166 Å². The minimum atomic E-state index is -3.61. The van der Waals surface area contributed by atoms with E-state index in [2.05, 4.69) is 4.72 Å². The number of rotatable bonds is 7. The Kier molecular flexibility index (Phi) is 6.83. The third-order valence-electron chi connectivity index (χ3n) is 4.86. The minimum absolute atomic E-state index is 0.110. The molecule has 1 saturated heterocycles. The van der Waals surface area contributed by atoms with Crippen molar-refractivity contribution in [2.45, 2.75) is 30.7 Å². The van der Waals surface area contributed by atoms with Gasteiger partial charge in [0, 0.05) is 25.6 Å². The molecule has 6 nitrogen and oxygen atoms in total. The van der Waals surface area contributed by atoms with E-state index in [0.29, 0.717) is 39.1 Å². The zero-order valence-electron chi connectivity index (χ0n) is 16.0. The standard InChI is InChI=1S/C21H26N2O4S/c1-17(19-5-3-2-4-6-19)22-28(25,26)20-10-7-18(8-11-20)9-12-21(24)23-13-15-27-16-14-23/h2-8,10-11,17,22H,9,12-16H2,1H3/t17-/m1/s1. The Morgan fingerprint density at radius 3 is 2.36 bits per heavy atom. The van der Waals surface area contributed by atoms with Crippen molar-refractivity contribution in [2.24, 2.45) is 0 Å². The van der Waals surface area contributed by atoms with Crippen LogP contribution < -0.4 is 4.72 Å². The first-order valence-corrected chi connectivity index (χ1v) is 11.0. The Morgan fingerprint density at radius 1 is 1.07 bits per heavy atom. The van der Waals surface area contributed by atoms with E-state index >= 15 is 0 Å². The van der Waals surface area contributed by atoms with Gasteiger partial charge in [0.2, 0.25) is 15.9 Å². The number of amides is 1. The number of aryl methyl sites for hydroxylation is 1. The number of nitrogens with one attached hydrogen (secondary N) is 1. The lowest BCUT2D eigenvalue weighted by Crippen LogP contribution is -2.40. The summed E-state index contributed by atoms with van der Waals surface area (Å²) in [6.07, 6.45) is 1.000. The van der Waals surface area contributed by atoms with Crippen molar-refractivity contribution < 1.29 is 17.9 Å². The number of carbonyl (C=O) groups is 1. The second kappa shape index (κ2) is 9.32. The summed E-state index contributed by atoms with van der Waals surface area (Å²) in [7, 11) is -3.61. The van der Waals surface area contributed by atoms with Gasteiger partial charge in [0.1, 0.15) is 0 Å². The van der Waals surface area contributed by atoms with Crippen molar-refractivity contribution in [1.82, 2.24) is 9.62 Å². The lowest BCUT2D eigenvalue weighted by atomic mass is 10.1. The molecule has 2 aromatic carbocycles. The first-order valence-electron chi connectivity index (χ1n) is 9.47. The van der Waals surface area contributed by atoms with Gasteiger partial charge in [-0.25, -0.2) is 13.1 Å². The highest BCUT2D eigenvalue weighted by atomic mass is 32.2. The third-order valence-corrected chi connectivity index (χ3v) is 6.41. The fourth-order valence-electron chi connectivity index (χ4n) is 3.17. The quantitative estimate of drug-likeness (QED) is 0.772. The number of hydrogen-bond donors (Lipinski definition) is 1. The van der Waals surface area contributed by atoms with Crippen LogP contribution in [0.15, 0.2) is 59.5 Å². The van der Waals surface area contributed by atoms with Crippen LogP contribution in [-0.4, -0.2) is 45.5 Å². The van der Waals surface area contributed by atoms with E-state index in [0.717, 1.165) is 11.1 Å². The predicted octanol–water partition coefficient (Wildman–Crippen LogP) is 2.52. The van der Waals surface area contributed by atoms with Gasteiger partial charge in [-0.1, -0.05) is 42.5 Å². The first-order chi connectivity index (χ1) is 13.5. The highest BCUT2D eigenvalue weighted by molar-refractivity contribution is 7.89. The molecule has 1 N–H and O–H groups in total. The Bertz CT molecular complexity index is 876. The molecule has 0 radical (unpaired) electrons. The number of hydrogen-bond acceptors (Lipinski definition) is 4. The fourth-order valence-corrected chi connectivity index (χ4v) is 4.40. The van der Waals surface area contributed by atoms with Crippen molar-refractivity contribution in [3.63, 3.8) is 0 Å². The van der Waals surface area contributed by atoms with E-state index in [1.54, 1.807) is 24.3 Å². The van der Waals surface area contributed by atoms with Crippen LogP contribution in [0.1, 0.15) is 30.5 Å². The Hall–Kier alpha value is -2.22. The highest BCUT2D eigenvalue weighted by Gasteiger charge is 2.19. The van der Waals surface area contributed by atoms with Gasteiger partial charge >= 0.3 is 0 Å². The summed E-state index contributed by atoms with van der Waals surface area (Å²) >= 11 is 0. The average molecular weight is 403 g/mol. The van der Waals surface area contributed by atoms with Gasteiger partial charge in [-0.2, -0.15) is 0 Å². The number of sulfonamides is 1. The third kappa shape index (κ3) is 5.41. The number of morpholine rings is 1. The van der Waals surface area contributed by atoms with Crippen LogP contribution in [0, 0.1) is 0 Å². The second-order valence-electron chi connectivity index (χ2n) is 6.89. The van der Waals surface area contributed by atoms with Crippen molar-refractivity contribution in [3.05, 3.63) is 65.7 Å². The zero-order valence-corrected chi connectivity index (χ0v) is 16.8. The van der Waals surface area contributed by atoms with Crippen molar-refractivity contribution >= 4 is 15.9 Å². The zero-order chi connectivity index (χ0) is 20.0. The van der Waals surface area contributed by atoms with E-state index in [4.69, 9.17) is 4.74 Å². The maximum absolute atomic E-state index is 12.6. The van der Waals surface area contributed by atoms with E-state index in [1.807, 2.05) is 42.2 Å². The maximum atomic E-state index is 12.6. The van der Waals surface area contributed by atoms with Gasteiger partial charge in [0.15, 0.2) is 0 Å². The largest absolute Gasteiger partial charge is 0.378 e. The molecular formula is C21H26N2O4S. The molecule has 1 atom stereocenters. The van der Waals surface area contributed by atoms with Gasteiger partial charge < -0.3 is 9.64 Å². The molecule has 7 heteroatoms. The van der Waals surface area contributed by atoms with Crippen LogP contribution in [0.4, 0.5) is 0 Å². The summed E-state index contributed by atoms with van der Waals surface area (Å²) in [6, 6.07) is 15.8. The van der Waals surface area contributed by atoms with Crippen molar-refractivity contribution in [1.29, 1.82) is 0 Å². The summed E-state index contributed by atoms with van der Waals surface area (Å²) in [5.41, 5.74) is 1.85. The highest BCUT2D eigenvalue weighted by Crippen LogP contribution is 2.18. The topological polar surface area (TPSA) is 75.7 Å². The first kappa shape index (κ1) is 20.5. The van der Waals surface area contributed by atoms with Gasteiger partial charge in [0.25, 0.3) is 0 Å². The minimum Gasteiger partial charge on any atom is -0.378 e. The van der Waals surface area contributed by atoms with E-state index in [1.165, 1.54) is 0 Å². The molecule has 150 valence electrons. The molecule has 0 saturated carbocycles. The van der Waals surface area contributed by atoms with Crippen LogP contribution >= 0.6 is 0 Å². The van der Waals surface area contributed by atoms with Crippen LogP contribution in [0.25, 0.3) is 0 Å². The van der Waals surface area contributed by atoms with Gasteiger partial charge in [-0.3, -0.25) is 4.79 Å². The van der Waals surface area contributed by atoms with Gasteiger partial charge in [-0.15, -0.1) is 0 Å². The lowest BCUT2D eigenvalue weighted by molar-refractivity contribution is -0.135. The number of carbonyl (C=O) groups excluding carboxylic acids is 1. The van der Waals surface area contributed by atoms with Gasteiger partial charge in [-0.05, 0) is 36.6 Å². The SMILES string of the molecule is C[C@@H](NS(=O)(=O)c1ccc(CCC(=O)N2CCOCC2)cc1)c1ccccc1. The summed E-state index contributed by atoms with van der Waals surface area (Å²) in [5, 5.41) is 0. The molecule has 0 bridgehead atoms. The normalized spacial score (nSPS) is 16.0. The Balaban J connectivity index is 1.57. The van der Waals surface area contributed by atoms with E-state index in [9.17, 15) is 13.2 Å². The van der Waals surface area contributed by atoms with Crippen LogP contribution in [-0.2, 0) is 26.0 Å². The van der Waals surface area contributed by atoms with Crippen LogP contribution in [0.3, 0.4) is 0 Å². The molecule has 0 aromatic heterocycles. The second-order valence-corrected chi connectivity index (χ2v) is 8.60. The van der Waals surface area contributed by atoms with Crippen molar-refractivity contribution in [2.75, 3.05) is 26.3 Å². The molecule has 1 amide bonds. The molecule has 1 heterocycles. The number of benzene rings is 2. The van der Waals surface area contributed by atoms with Crippen molar-refractivity contribution in [3.8, 4) is 0 Å². The van der Waals surface area contributed by atoms with Crippen LogP contribution in [0.5, 0.6) is 0 Å². The number of nitrogens with zero attached hydrogens (tertiary/aromatic N) is 1. The number of ether oxygens (including phenoxy) is 1. The van der Waals surface area contributed by atoms with E-state index in [-0.39, 0.29) is 16.8 Å². The molecule has 0 aliphatic carbocycles. The predicted molar refractivity (Wildman–Crippen MR) is 107 cm³/mol. The van der Waals surface area contributed by atoms with Crippen LogP contribution in [0.2, 0.25) is 0 Å². The molecule has 0 unspecified atom stereocenters. The molecule has 28 heavy (non-hydrogen) atoms. The summed E-state index contributed by atoms with van der Waals surface area (Å²) in [4.78, 5) is 14.3. The molecular weight excluding hydrogens is 376 g/mol.